The van der Waals surface area contributed by atoms with Gasteiger partial charge >= 0.3 is 0 Å². The van der Waals surface area contributed by atoms with Gasteiger partial charge in [0.2, 0.25) is 11.8 Å². The molecule has 3 heterocycles. The van der Waals surface area contributed by atoms with Crippen molar-refractivity contribution in [1.82, 2.24) is 14.8 Å². The second kappa shape index (κ2) is 8.02. The Balaban J connectivity index is 1.62. The molecular formula is C22H23N3O2S. The van der Waals surface area contributed by atoms with E-state index in [1.807, 2.05) is 54.2 Å². The molecule has 1 aliphatic rings. The van der Waals surface area contributed by atoms with E-state index in [0.717, 1.165) is 16.7 Å². The maximum absolute atomic E-state index is 13.4. The van der Waals surface area contributed by atoms with Crippen LogP contribution in [-0.4, -0.2) is 34.4 Å². The minimum Gasteiger partial charge on any atom is -0.357 e. The lowest BCUT2D eigenvalue weighted by Gasteiger charge is -2.36. The molecule has 2 unspecified atom stereocenters. The Bertz CT molecular complexity index is 916. The van der Waals surface area contributed by atoms with Crippen molar-refractivity contribution in [3.8, 4) is 0 Å². The van der Waals surface area contributed by atoms with Gasteiger partial charge in [0.25, 0.3) is 0 Å². The summed E-state index contributed by atoms with van der Waals surface area (Å²) in [5, 5.41) is 6.83. The van der Waals surface area contributed by atoms with Crippen molar-refractivity contribution >= 4 is 23.2 Å². The zero-order valence-electron chi connectivity index (χ0n) is 15.7. The summed E-state index contributed by atoms with van der Waals surface area (Å²) in [6, 6.07) is 13.5. The predicted molar refractivity (Wildman–Crippen MR) is 110 cm³/mol. The number of nitrogens with zero attached hydrogens (tertiary/aromatic N) is 2. The van der Waals surface area contributed by atoms with E-state index in [4.69, 9.17) is 0 Å². The number of likely N-dealkylation sites (N-methyl/N-ethyl adjacent to an activating group) is 1. The number of hydrogen-bond acceptors (Lipinski definition) is 3. The Hall–Kier alpha value is -2.86. The number of amides is 2. The van der Waals surface area contributed by atoms with Crippen molar-refractivity contribution in [2.24, 2.45) is 0 Å². The van der Waals surface area contributed by atoms with Gasteiger partial charge in [-0.3, -0.25) is 9.59 Å². The highest BCUT2D eigenvalue weighted by molar-refractivity contribution is 7.08. The minimum atomic E-state index is -0.472. The van der Waals surface area contributed by atoms with Gasteiger partial charge in [-0.25, -0.2) is 0 Å². The molecule has 4 rings (SSSR count). The fourth-order valence-corrected chi connectivity index (χ4v) is 4.59. The topological polar surface area (TPSA) is 54.3 Å². The summed E-state index contributed by atoms with van der Waals surface area (Å²) in [5.74, 6) is -0.121. The minimum absolute atomic E-state index is 0.00648. The number of thiophene rings is 1. The van der Waals surface area contributed by atoms with Crippen molar-refractivity contribution in [2.75, 3.05) is 7.05 Å². The molecule has 0 fully saturated rings. The molecule has 0 radical (unpaired) electrons. The summed E-state index contributed by atoms with van der Waals surface area (Å²) < 4.78 is 2.06. The first-order valence-electron chi connectivity index (χ1n) is 9.39. The van der Waals surface area contributed by atoms with E-state index in [0.29, 0.717) is 19.4 Å². The van der Waals surface area contributed by atoms with Gasteiger partial charge in [-0.15, -0.1) is 0 Å². The van der Waals surface area contributed by atoms with Crippen LogP contribution in [0.5, 0.6) is 0 Å². The molecule has 28 heavy (non-hydrogen) atoms. The third-order valence-electron chi connectivity index (χ3n) is 5.40. The van der Waals surface area contributed by atoms with Gasteiger partial charge in [0.15, 0.2) is 0 Å². The van der Waals surface area contributed by atoms with Crippen LogP contribution in [0.2, 0.25) is 0 Å². The lowest BCUT2D eigenvalue weighted by Crippen LogP contribution is -2.52. The lowest BCUT2D eigenvalue weighted by atomic mass is 9.92. The van der Waals surface area contributed by atoms with E-state index in [2.05, 4.69) is 21.3 Å². The largest absolute Gasteiger partial charge is 0.357 e. The van der Waals surface area contributed by atoms with Crippen LogP contribution in [0.3, 0.4) is 0 Å². The Kier molecular flexibility index (Phi) is 5.30. The number of nitrogens with one attached hydrogen (secondary N) is 1. The molecule has 0 saturated carbocycles. The first-order valence-corrected chi connectivity index (χ1v) is 10.3. The summed E-state index contributed by atoms with van der Waals surface area (Å²) >= 11 is 1.63. The van der Waals surface area contributed by atoms with Crippen LogP contribution in [0, 0.1) is 0 Å². The van der Waals surface area contributed by atoms with Crippen LogP contribution >= 0.6 is 11.3 Å². The normalized spacial score (nSPS) is 17.0. The van der Waals surface area contributed by atoms with Gasteiger partial charge in [0, 0.05) is 32.4 Å². The van der Waals surface area contributed by atoms with Crippen LogP contribution in [-0.2, 0) is 22.6 Å². The van der Waals surface area contributed by atoms with Gasteiger partial charge in [-0.05, 0) is 45.6 Å². The van der Waals surface area contributed by atoms with Gasteiger partial charge < -0.3 is 14.8 Å². The number of aromatic nitrogens is 1. The van der Waals surface area contributed by atoms with Crippen LogP contribution in [0.1, 0.15) is 29.2 Å². The van der Waals surface area contributed by atoms with E-state index in [9.17, 15) is 9.59 Å². The summed E-state index contributed by atoms with van der Waals surface area (Å²) in [6.45, 7) is 0.467. The second-order valence-corrected chi connectivity index (χ2v) is 7.81. The van der Waals surface area contributed by atoms with Crippen LogP contribution in [0.15, 0.2) is 65.6 Å². The molecule has 0 bridgehead atoms. The summed E-state index contributed by atoms with van der Waals surface area (Å²) in [7, 11) is 1.62. The van der Waals surface area contributed by atoms with Crippen molar-refractivity contribution < 1.29 is 9.59 Å². The van der Waals surface area contributed by atoms with Crippen molar-refractivity contribution in [3.05, 3.63) is 82.3 Å². The van der Waals surface area contributed by atoms with E-state index in [1.165, 1.54) is 0 Å². The third-order valence-corrected chi connectivity index (χ3v) is 6.10. The first-order chi connectivity index (χ1) is 13.7. The van der Waals surface area contributed by atoms with E-state index in [1.54, 1.807) is 23.3 Å². The SMILES string of the molecule is CNC(=O)C1Cc2ccccc2CN1C(=O)CC(c1ccsc1)n1cccc1. The molecule has 2 aromatic heterocycles. The van der Waals surface area contributed by atoms with E-state index < -0.39 is 6.04 Å². The molecule has 0 spiro atoms. The zero-order valence-corrected chi connectivity index (χ0v) is 16.6. The Labute approximate surface area is 168 Å². The van der Waals surface area contributed by atoms with Gasteiger partial charge in [-0.1, -0.05) is 24.3 Å². The molecule has 144 valence electrons. The molecule has 0 saturated heterocycles. The van der Waals surface area contributed by atoms with Gasteiger partial charge in [0.1, 0.15) is 6.04 Å². The molecule has 2 atom stereocenters. The van der Waals surface area contributed by atoms with Crippen LogP contribution in [0.4, 0.5) is 0 Å². The number of hydrogen-bond donors (Lipinski definition) is 1. The predicted octanol–water partition coefficient (Wildman–Crippen LogP) is 3.23. The summed E-state index contributed by atoms with van der Waals surface area (Å²) in [4.78, 5) is 27.6. The highest BCUT2D eigenvalue weighted by atomic mass is 32.1. The molecule has 1 N–H and O–H groups in total. The molecule has 1 aromatic carbocycles. The highest BCUT2D eigenvalue weighted by Gasteiger charge is 2.35. The Morgan fingerprint density at radius 2 is 1.89 bits per heavy atom. The Morgan fingerprint density at radius 3 is 2.57 bits per heavy atom. The molecule has 6 heteroatoms. The zero-order chi connectivity index (χ0) is 19.5. The summed E-state index contributed by atoms with van der Waals surface area (Å²) in [5.41, 5.74) is 3.37. The molecule has 2 amide bonds. The number of benzene rings is 1. The standard InChI is InChI=1S/C22H23N3O2S/c1-23-22(27)20-12-16-6-2-3-7-17(16)14-25(20)21(26)13-19(18-8-11-28-15-18)24-9-4-5-10-24/h2-11,15,19-20H,12-14H2,1H3,(H,23,27). The average molecular weight is 394 g/mol. The smallest absolute Gasteiger partial charge is 0.242 e. The maximum atomic E-state index is 13.4. The van der Waals surface area contributed by atoms with Crippen LogP contribution < -0.4 is 5.32 Å². The maximum Gasteiger partial charge on any atom is 0.242 e. The fourth-order valence-electron chi connectivity index (χ4n) is 3.88. The summed E-state index contributed by atoms with van der Waals surface area (Å²) in [6.07, 6.45) is 4.84. The number of rotatable bonds is 5. The Morgan fingerprint density at radius 1 is 1.14 bits per heavy atom. The third kappa shape index (κ3) is 3.60. The number of fused-ring (bicyclic) bond motifs is 1. The van der Waals surface area contributed by atoms with Gasteiger partial charge in [0.05, 0.1) is 12.5 Å². The lowest BCUT2D eigenvalue weighted by molar-refractivity contribution is -0.142. The quantitative estimate of drug-likeness (QED) is 0.724. The number of carbonyl (C=O) groups is 2. The molecular weight excluding hydrogens is 370 g/mol. The average Bonchev–Trinajstić information content (AvgIpc) is 3.44. The van der Waals surface area contributed by atoms with Crippen molar-refractivity contribution in [2.45, 2.75) is 31.5 Å². The fraction of sp³-hybridized carbons (Fsp3) is 0.273. The second-order valence-electron chi connectivity index (χ2n) is 7.03. The van der Waals surface area contributed by atoms with Crippen molar-refractivity contribution in [1.29, 1.82) is 0 Å². The molecule has 5 nitrogen and oxygen atoms in total. The molecule has 3 aromatic rings. The van der Waals surface area contributed by atoms with E-state index in [-0.39, 0.29) is 17.9 Å². The van der Waals surface area contributed by atoms with Crippen molar-refractivity contribution in [3.63, 3.8) is 0 Å². The molecule has 1 aliphatic heterocycles. The first kappa shape index (κ1) is 18.5. The highest BCUT2D eigenvalue weighted by Crippen LogP contribution is 2.29. The van der Waals surface area contributed by atoms with Crippen LogP contribution in [0.25, 0.3) is 0 Å². The van der Waals surface area contributed by atoms with E-state index >= 15 is 0 Å². The number of carbonyl (C=O) groups excluding carboxylic acids is 2. The monoisotopic (exact) mass is 393 g/mol. The van der Waals surface area contributed by atoms with Gasteiger partial charge in [-0.2, -0.15) is 11.3 Å². The molecule has 0 aliphatic carbocycles.